The number of nitrogens with zero attached hydrogens (tertiary/aromatic N) is 1. The van der Waals surface area contributed by atoms with E-state index >= 15 is 0 Å². The van der Waals surface area contributed by atoms with E-state index in [1.165, 1.54) is 0 Å². The fourth-order valence-electron chi connectivity index (χ4n) is 2.66. The van der Waals surface area contributed by atoms with Crippen LogP contribution in [0.4, 0.5) is 0 Å². The first-order valence-electron chi connectivity index (χ1n) is 8.39. The highest BCUT2D eigenvalue weighted by molar-refractivity contribution is 6.30. The maximum absolute atomic E-state index is 13.0. The van der Waals surface area contributed by atoms with Gasteiger partial charge in [0, 0.05) is 11.6 Å². The minimum Gasteiger partial charge on any atom is -0.481 e. The van der Waals surface area contributed by atoms with Crippen LogP contribution in [-0.2, 0) is 17.9 Å². The number of hydrogen-bond donors (Lipinski definition) is 0. The van der Waals surface area contributed by atoms with Gasteiger partial charge in [-0.15, -0.1) is 0 Å². The minimum absolute atomic E-state index is 0.120. The SMILES string of the molecule is CC(Oc1cccc(Cl)c1)C(=O)N(Cc1ccccc1)Cc1ccco1. The number of hydrogen-bond acceptors (Lipinski definition) is 3. The Morgan fingerprint density at radius 1 is 1.08 bits per heavy atom. The summed E-state index contributed by atoms with van der Waals surface area (Å²) in [7, 11) is 0. The molecule has 1 amide bonds. The number of rotatable bonds is 7. The second-order valence-corrected chi connectivity index (χ2v) is 6.41. The van der Waals surface area contributed by atoms with Crippen LogP contribution >= 0.6 is 11.6 Å². The molecule has 134 valence electrons. The highest BCUT2D eigenvalue weighted by Crippen LogP contribution is 2.20. The summed E-state index contributed by atoms with van der Waals surface area (Å²) in [6, 6.07) is 20.5. The Labute approximate surface area is 158 Å². The Bertz CT molecular complexity index is 833. The maximum Gasteiger partial charge on any atom is 0.264 e. The van der Waals surface area contributed by atoms with Gasteiger partial charge in [-0.3, -0.25) is 4.79 Å². The van der Waals surface area contributed by atoms with Crippen molar-refractivity contribution >= 4 is 17.5 Å². The molecule has 0 radical (unpaired) electrons. The average molecular weight is 370 g/mol. The van der Waals surface area contributed by atoms with Gasteiger partial charge in [0.2, 0.25) is 0 Å². The molecule has 0 N–H and O–H groups in total. The quantitative estimate of drug-likeness (QED) is 0.593. The van der Waals surface area contributed by atoms with E-state index in [1.54, 1.807) is 42.4 Å². The van der Waals surface area contributed by atoms with Crippen LogP contribution in [-0.4, -0.2) is 16.9 Å². The standard InChI is InChI=1S/C21H20ClNO3/c1-16(26-19-10-5-9-18(22)13-19)21(24)23(15-20-11-6-12-25-20)14-17-7-3-2-4-8-17/h2-13,16H,14-15H2,1H3. The molecule has 1 aromatic heterocycles. The highest BCUT2D eigenvalue weighted by Gasteiger charge is 2.23. The minimum atomic E-state index is -0.646. The number of halogens is 1. The summed E-state index contributed by atoms with van der Waals surface area (Å²) >= 11 is 5.98. The molecule has 0 saturated carbocycles. The van der Waals surface area contributed by atoms with Crippen molar-refractivity contribution in [1.29, 1.82) is 0 Å². The topological polar surface area (TPSA) is 42.7 Å². The first-order valence-corrected chi connectivity index (χ1v) is 8.77. The van der Waals surface area contributed by atoms with Gasteiger partial charge >= 0.3 is 0 Å². The smallest absolute Gasteiger partial charge is 0.264 e. The summed E-state index contributed by atoms with van der Waals surface area (Å²) in [5.74, 6) is 1.17. The lowest BCUT2D eigenvalue weighted by Gasteiger charge is -2.25. The summed E-state index contributed by atoms with van der Waals surface area (Å²) in [6.07, 6.45) is 0.957. The number of furan rings is 1. The molecule has 0 saturated heterocycles. The molecule has 0 aliphatic rings. The van der Waals surface area contributed by atoms with Crippen LogP contribution in [0.15, 0.2) is 77.4 Å². The van der Waals surface area contributed by atoms with Gasteiger partial charge in [-0.25, -0.2) is 0 Å². The van der Waals surface area contributed by atoms with E-state index in [9.17, 15) is 4.79 Å². The van der Waals surface area contributed by atoms with Crippen molar-refractivity contribution in [2.45, 2.75) is 26.1 Å². The molecule has 1 atom stereocenters. The molecule has 0 aliphatic heterocycles. The van der Waals surface area contributed by atoms with Gasteiger partial charge in [0.1, 0.15) is 11.5 Å². The van der Waals surface area contributed by atoms with Crippen molar-refractivity contribution in [3.63, 3.8) is 0 Å². The van der Waals surface area contributed by atoms with E-state index in [4.69, 9.17) is 20.8 Å². The van der Waals surface area contributed by atoms with Gasteiger partial charge in [0.25, 0.3) is 5.91 Å². The van der Waals surface area contributed by atoms with E-state index in [0.717, 1.165) is 11.3 Å². The third-order valence-electron chi connectivity index (χ3n) is 3.91. The molecule has 1 heterocycles. The van der Waals surface area contributed by atoms with Crippen LogP contribution in [0.2, 0.25) is 5.02 Å². The lowest BCUT2D eigenvalue weighted by atomic mass is 10.2. The van der Waals surface area contributed by atoms with Crippen LogP contribution in [0.5, 0.6) is 5.75 Å². The van der Waals surface area contributed by atoms with Crippen LogP contribution in [0.1, 0.15) is 18.2 Å². The third-order valence-corrected chi connectivity index (χ3v) is 4.15. The molecule has 4 nitrogen and oxygen atoms in total. The average Bonchev–Trinajstić information content (AvgIpc) is 3.14. The zero-order valence-electron chi connectivity index (χ0n) is 14.5. The van der Waals surface area contributed by atoms with Crippen molar-refractivity contribution in [1.82, 2.24) is 4.90 Å². The molecular weight excluding hydrogens is 350 g/mol. The zero-order valence-corrected chi connectivity index (χ0v) is 15.2. The molecule has 2 aromatic carbocycles. The molecule has 0 bridgehead atoms. The van der Waals surface area contributed by atoms with E-state index in [0.29, 0.717) is 23.9 Å². The fraction of sp³-hybridized carbons (Fsp3) is 0.190. The summed E-state index contributed by atoms with van der Waals surface area (Å²) in [4.78, 5) is 14.7. The number of ether oxygens (including phenoxy) is 1. The highest BCUT2D eigenvalue weighted by atomic mass is 35.5. The summed E-state index contributed by atoms with van der Waals surface area (Å²) in [5, 5.41) is 0.568. The van der Waals surface area contributed by atoms with Crippen molar-refractivity contribution in [3.8, 4) is 5.75 Å². The van der Waals surface area contributed by atoms with Gasteiger partial charge in [-0.05, 0) is 42.8 Å². The van der Waals surface area contributed by atoms with E-state index < -0.39 is 6.10 Å². The molecule has 0 fully saturated rings. The molecule has 26 heavy (non-hydrogen) atoms. The fourth-order valence-corrected chi connectivity index (χ4v) is 2.84. The Balaban J connectivity index is 1.74. The van der Waals surface area contributed by atoms with Crippen LogP contribution in [0.25, 0.3) is 0 Å². The van der Waals surface area contributed by atoms with Crippen LogP contribution < -0.4 is 4.74 Å². The molecule has 1 unspecified atom stereocenters. The molecule has 5 heteroatoms. The van der Waals surface area contributed by atoms with Crippen LogP contribution in [0, 0.1) is 0 Å². The lowest BCUT2D eigenvalue weighted by molar-refractivity contribution is -0.139. The maximum atomic E-state index is 13.0. The number of amides is 1. The molecule has 3 aromatic rings. The number of benzene rings is 2. The third kappa shape index (κ3) is 4.90. The Morgan fingerprint density at radius 2 is 1.88 bits per heavy atom. The monoisotopic (exact) mass is 369 g/mol. The predicted octanol–water partition coefficient (Wildman–Crippen LogP) is 4.93. The second-order valence-electron chi connectivity index (χ2n) is 5.98. The van der Waals surface area contributed by atoms with Gasteiger partial charge < -0.3 is 14.1 Å². The Morgan fingerprint density at radius 3 is 2.58 bits per heavy atom. The normalized spacial score (nSPS) is 11.8. The molecular formula is C21H20ClNO3. The predicted molar refractivity (Wildman–Crippen MR) is 101 cm³/mol. The number of carbonyl (C=O) groups excluding carboxylic acids is 1. The molecule has 3 rings (SSSR count). The zero-order chi connectivity index (χ0) is 18.4. The first kappa shape index (κ1) is 18.1. The largest absolute Gasteiger partial charge is 0.481 e. The van der Waals surface area contributed by atoms with E-state index in [1.807, 2.05) is 42.5 Å². The summed E-state index contributed by atoms with van der Waals surface area (Å²) in [5.41, 5.74) is 1.04. The van der Waals surface area contributed by atoms with E-state index in [2.05, 4.69) is 0 Å². The summed E-state index contributed by atoms with van der Waals surface area (Å²) < 4.78 is 11.2. The van der Waals surface area contributed by atoms with Crippen molar-refractivity contribution < 1.29 is 13.9 Å². The van der Waals surface area contributed by atoms with Gasteiger partial charge in [0.05, 0.1) is 12.8 Å². The molecule has 0 aliphatic carbocycles. The molecule has 0 spiro atoms. The van der Waals surface area contributed by atoms with Gasteiger partial charge in [-0.2, -0.15) is 0 Å². The first-order chi connectivity index (χ1) is 12.6. The van der Waals surface area contributed by atoms with Crippen molar-refractivity contribution in [2.24, 2.45) is 0 Å². The number of carbonyl (C=O) groups is 1. The van der Waals surface area contributed by atoms with Gasteiger partial charge in [-0.1, -0.05) is 48.0 Å². The van der Waals surface area contributed by atoms with Crippen molar-refractivity contribution in [3.05, 3.63) is 89.3 Å². The van der Waals surface area contributed by atoms with Crippen LogP contribution in [0.3, 0.4) is 0 Å². The van der Waals surface area contributed by atoms with Crippen molar-refractivity contribution in [2.75, 3.05) is 0 Å². The summed E-state index contributed by atoms with van der Waals surface area (Å²) in [6.45, 7) is 2.59. The van der Waals surface area contributed by atoms with Gasteiger partial charge in [0.15, 0.2) is 6.10 Å². The second kappa shape index (κ2) is 8.59. The van der Waals surface area contributed by atoms with E-state index in [-0.39, 0.29) is 5.91 Å². The Hall–Kier alpha value is -2.72. The Kier molecular flexibility index (Phi) is 5.97. The lowest BCUT2D eigenvalue weighted by Crippen LogP contribution is -2.39.